The summed E-state index contributed by atoms with van der Waals surface area (Å²) in [5, 5.41) is 2.85. The number of amides is 1. The van der Waals surface area contributed by atoms with E-state index in [9.17, 15) is 13.2 Å². The molecule has 2 aliphatic heterocycles. The zero-order chi connectivity index (χ0) is 20.4. The van der Waals surface area contributed by atoms with Crippen molar-refractivity contribution < 1.29 is 17.9 Å². The van der Waals surface area contributed by atoms with Crippen molar-refractivity contribution in [3.63, 3.8) is 0 Å². The number of nitrogens with zero attached hydrogens (tertiary/aromatic N) is 1. The number of fused-ring (bicyclic) bond motifs is 1. The Morgan fingerprint density at radius 1 is 1.10 bits per heavy atom. The Morgan fingerprint density at radius 3 is 2.69 bits per heavy atom. The highest BCUT2D eigenvalue weighted by Crippen LogP contribution is 2.27. The van der Waals surface area contributed by atoms with Crippen LogP contribution in [0.3, 0.4) is 0 Å². The van der Waals surface area contributed by atoms with Crippen LogP contribution >= 0.6 is 0 Å². The zero-order valence-electron chi connectivity index (χ0n) is 16.6. The maximum absolute atomic E-state index is 13.0. The number of aryl methyl sites for hydroxylation is 1. The van der Waals surface area contributed by atoms with Crippen molar-refractivity contribution in [2.45, 2.75) is 43.9 Å². The molecule has 29 heavy (non-hydrogen) atoms. The normalized spacial score (nSPS) is 16.9. The van der Waals surface area contributed by atoms with E-state index in [1.807, 2.05) is 18.2 Å². The topological polar surface area (TPSA) is 75.7 Å². The van der Waals surface area contributed by atoms with E-state index >= 15 is 0 Å². The van der Waals surface area contributed by atoms with E-state index in [1.165, 1.54) is 0 Å². The first-order valence-electron chi connectivity index (χ1n) is 10.1. The van der Waals surface area contributed by atoms with Gasteiger partial charge in [0.1, 0.15) is 5.75 Å². The lowest BCUT2D eigenvalue weighted by Crippen LogP contribution is -2.36. The van der Waals surface area contributed by atoms with Crippen LogP contribution in [0.4, 0.5) is 5.69 Å². The summed E-state index contributed by atoms with van der Waals surface area (Å²) in [5.41, 5.74) is 3.23. The fourth-order valence-corrected chi connectivity index (χ4v) is 5.71. The molecule has 7 heteroatoms. The number of piperidine rings is 1. The molecular formula is C22H26N2O4S. The molecule has 1 amide bonds. The van der Waals surface area contributed by atoms with E-state index in [4.69, 9.17) is 4.74 Å². The van der Waals surface area contributed by atoms with Crippen molar-refractivity contribution in [2.24, 2.45) is 0 Å². The van der Waals surface area contributed by atoms with Gasteiger partial charge in [-0.15, -0.1) is 0 Å². The molecule has 1 fully saturated rings. The van der Waals surface area contributed by atoms with E-state index in [-0.39, 0.29) is 17.2 Å². The van der Waals surface area contributed by atoms with Crippen molar-refractivity contribution in [3.8, 4) is 5.75 Å². The summed E-state index contributed by atoms with van der Waals surface area (Å²) in [7, 11) is -3.55. The Morgan fingerprint density at radius 2 is 1.90 bits per heavy atom. The molecule has 0 aliphatic carbocycles. The molecule has 2 aromatic rings. The van der Waals surface area contributed by atoms with E-state index < -0.39 is 10.0 Å². The number of hydrogen-bond donors (Lipinski definition) is 1. The molecule has 2 aromatic carbocycles. The van der Waals surface area contributed by atoms with Gasteiger partial charge >= 0.3 is 0 Å². The lowest BCUT2D eigenvalue weighted by Gasteiger charge is -2.26. The van der Waals surface area contributed by atoms with E-state index in [1.54, 1.807) is 29.4 Å². The van der Waals surface area contributed by atoms with Gasteiger partial charge in [0, 0.05) is 25.2 Å². The third-order valence-electron chi connectivity index (χ3n) is 5.52. The van der Waals surface area contributed by atoms with Crippen LogP contribution in [0.1, 0.15) is 36.0 Å². The van der Waals surface area contributed by atoms with Crippen molar-refractivity contribution in [2.75, 3.05) is 25.0 Å². The number of sulfonamides is 1. The fourth-order valence-electron chi connectivity index (χ4n) is 3.94. The maximum Gasteiger partial charge on any atom is 0.243 e. The molecule has 0 atom stereocenters. The summed E-state index contributed by atoms with van der Waals surface area (Å²) >= 11 is 0. The van der Waals surface area contributed by atoms with Crippen LogP contribution in [0.5, 0.6) is 5.75 Å². The summed E-state index contributed by atoms with van der Waals surface area (Å²) < 4.78 is 33.1. The SMILES string of the molecule is Cc1ccc(NC(=O)Cc2ccc3c(c2)CCO3)cc1S(=O)(=O)N1CCCCC1. The first-order chi connectivity index (χ1) is 13.9. The predicted molar refractivity (Wildman–Crippen MR) is 112 cm³/mol. The van der Waals surface area contributed by atoms with Gasteiger partial charge in [-0.2, -0.15) is 4.31 Å². The smallest absolute Gasteiger partial charge is 0.243 e. The van der Waals surface area contributed by atoms with Crippen LogP contribution in [-0.2, 0) is 27.7 Å². The minimum Gasteiger partial charge on any atom is -0.493 e. The van der Waals surface area contributed by atoms with Crippen LogP contribution in [0, 0.1) is 6.92 Å². The first-order valence-corrected chi connectivity index (χ1v) is 11.5. The summed E-state index contributed by atoms with van der Waals surface area (Å²) in [6.07, 6.45) is 3.94. The molecule has 6 nitrogen and oxygen atoms in total. The van der Waals surface area contributed by atoms with Gasteiger partial charge < -0.3 is 10.1 Å². The quantitative estimate of drug-likeness (QED) is 0.815. The van der Waals surface area contributed by atoms with Gasteiger partial charge in [-0.05, 0) is 54.7 Å². The van der Waals surface area contributed by atoms with Crippen molar-refractivity contribution in [3.05, 3.63) is 53.1 Å². The van der Waals surface area contributed by atoms with Crippen LogP contribution in [-0.4, -0.2) is 38.3 Å². The van der Waals surface area contributed by atoms with Gasteiger partial charge in [0.2, 0.25) is 15.9 Å². The number of hydrogen-bond acceptors (Lipinski definition) is 4. The number of carbonyl (C=O) groups is 1. The average molecular weight is 415 g/mol. The van der Waals surface area contributed by atoms with E-state index in [0.717, 1.165) is 42.6 Å². The lowest BCUT2D eigenvalue weighted by molar-refractivity contribution is -0.115. The number of anilines is 1. The molecule has 1 saturated heterocycles. The van der Waals surface area contributed by atoms with Crippen molar-refractivity contribution >= 4 is 21.6 Å². The third-order valence-corrected chi connectivity index (χ3v) is 7.56. The van der Waals surface area contributed by atoms with Gasteiger partial charge in [-0.1, -0.05) is 24.6 Å². The molecule has 1 N–H and O–H groups in total. The number of nitrogens with one attached hydrogen (secondary N) is 1. The molecule has 0 unspecified atom stereocenters. The molecule has 0 bridgehead atoms. The molecule has 154 valence electrons. The van der Waals surface area contributed by atoms with Gasteiger partial charge in [0.25, 0.3) is 0 Å². The van der Waals surface area contributed by atoms with E-state index in [0.29, 0.717) is 30.9 Å². The largest absolute Gasteiger partial charge is 0.493 e. The Bertz CT molecular complexity index is 1030. The lowest BCUT2D eigenvalue weighted by atomic mass is 10.1. The minimum absolute atomic E-state index is 0.172. The highest BCUT2D eigenvalue weighted by atomic mass is 32.2. The van der Waals surface area contributed by atoms with Crippen LogP contribution in [0.25, 0.3) is 0 Å². The maximum atomic E-state index is 13.0. The Kier molecular flexibility index (Phi) is 5.61. The molecule has 0 radical (unpaired) electrons. The predicted octanol–water partition coefficient (Wildman–Crippen LogP) is 3.29. The van der Waals surface area contributed by atoms with Gasteiger partial charge in [0.05, 0.1) is 17.9 Å². The second-order valence-corrected chi connectivity index (χ2v) is 9.62. The van der Waals surface area contributed by atoms with Crippen molar-refractivity contribution in [1.29, 1.82) is 0 Å². The first kappa shape index (κ1) is 19.9. The Balaban J connectivity index is 1.49. The number of ether oxygens (including phenoxy) is 1. The highest BCUT2D eigenvalue weighted by molar-refractivity contribution is 7.89. The molecule has 2 aliphatic rings. The summed E-state index contributed by atoms with van der Waals surface area (Å²) in [6, 6.07) is 10.9. The van der Waals surface area contributed by atoms with Crippen molar-refractivity contribution in [1.82, 2.24) is 4.31 Å². The number of rotatable bonds is 5. The molecule has 4 rings (SSSR count). The Labute approximate surface area is 171 Å². The van der Waals surface area contributed by atoms with Gasteiger partial charge in [-0.3, -0.25) is 4.79 Å². The summed E-state index contributed by atoms with van der Waals surface area (Å²) in [5.74, 6) is 0.717. The van der Waals surface area contributed by atoms with Crippen LogP contribution in [0.15, 0.2) is 41.3 Å². The molecule has 0 spiro atoms. The molecule has 0 saturated carbocycles. The zero-order valence-corrected chi connectivity index (χ0v) is 17.4. The minimum atomic E-state index is -3.55. The van der Waals surface area contributed by atoms with Crippen LogP contribution < -0.4 is 10.1 Å². The molecular weight excluding hydrogens is 388 g/mol. The second kappa shape index (κ2) is 8.16. The molecule has 2 heterocycles. The summed E-state index contributed by atoms with van der Waals surface area (Å²) in [4.78, 5) is 12.8. The van der Waals surface area contributed by atoms with E-state index in [2.05, 4.69) is 5.32 Å². The van der Waals surface area contributed by atoms with Gasteiger partial charge in [0.15, 0.2) is 0 Å². The standard InChI is InChI=1S/C22H26N2O4S/c1-16-5-7-19(15-21(16)29(26,27)24-10-3-2-4-11-24)23-22(25)14-17-6-8-20-18(13-17)9-12-28-20/h5-8,13,15H,2-4,9-12,14H2,1H3,(H,23,25). The fraction of sp³-hybridized carbons (Fsp3) is 0.409. The third kappa shape index (κ3) is 4.31. The molecule has 0 aromatic heterocycles. The number of carbonyl (C=O) groups excluding carboxylic acids is 1. The van der Waals surface area contributed by atoms with Crippen LogP contribution in [0.2, 0.25) is 0 Å². The highest BCUT2D eigenvalue weighted by Gasteiger charge is 2.27. The second-order valence-electron chi connectivity index (χ2n) is 7.71. The Hall–Kier alpha value is -2.38. The van der Waals surface area contributed by atoms with Gasteiger partial charge in [-0.25, -0.2) is 8.42 Å². The number of benzene rings is 2. The summed E-state index contributed by atoms with van der Waals surface area (Å²) in [6.45, 7) is 3.58. The monoisotopic (exact) mass is 414 g/mol. The average Bonchev–Trinajstić information content (AvgIpc) is 3.18.